The zero-order valence-corrected chi connectivity index (χ0v) is 14.3. The number of nitrogens with zero attached hydrogens (tertiary/aromatic N) is 2. The first kappa shape index (κ1) is 15.0. The van der Waals surface area contributed by atoms with Crippen LogP contribution in [0.5, 0.6) is 0 Å². The molecule has 1 aliphatic carbocycles. The van der Waals surface area contributed by atoms with Crippen molar-refractivity contribution >= 4 is 17.3 Å². The Bertz CT molecular complexity index is 830. The molecule has 124 valence electrons. The average Bonchev–Trinajstić information content (AvgIpc) is 2.94. The third-order valence-electron chi connectivity index (χ3n) is 5.04. The number of hydrogen-bond acceptors (Lipinski definition) is 4. The molecule has 0 saturated heterocycles. The van der Waals surface area contributed by atoms with E-state index in [1.165, 1.54) is 0 Å². The summed E-state index contributed by atoms with van der Waals surface area (Å²) in [5.41, 5.74) is 6.39. The third kappa shape index (κ3) is 2.23. The molecule has 1 atom stereocenters. The molecular formula is C19H22N4O. The maximum Gasteiger partial charge on any atom is 0.161 e. The van der Waals surface area contributed by atoms with Crippen molar-refractivity contribution in [2.75, 3.05) is 24.3 Å². The number of aromatic amines is 1. The molecular weight excluding hydrogens is 300 g/mol. The molecule has 24 heavy (non-hydrogen) atoms. The molecule has 0 amide bonds. The predicted molar refractivity (Wildman–Crippen MR) is 95.4 cm³/mol. The van der Waals surface area contributed by atoms with Gasteiger partial charge < -0.3 is 10.2 Å². The largest absolute Gasteiger partial charge is 0.378 e. The topological polar surface area (TPSA) is 61.0 Å². The van der Waals surface area contributed by atoms with E-state index in [9.17, 15) is 4.79 Å². The van der Waals surface area contributed by atoms with Gasteiger partial charge in [0, 0.05) is 54.6 Å². The molecule has 0 fully saturated rings. The van der Waals surface area contributed by atoms with Gasteiger partial charge in [-0.15, -0.1) is 0 Å². The van der Waals surface area contributed by atoms with Gasteiger partial charge in [-0.05, 0) is 37.5 Å². The van der Waals surface area contributed by atoms with E-state index in [1.54, 1.807) is 0 Å². The molecule has 0 saturated carbocycles. The Morgan fingerprint density at radius 3 is 2.62 bits per heavy atom. The van der Waals surface area contributed by atoms with Crippen molar-refractivity contribution in [2.24, 2.45) is 0 Å². The standard InChI is InChI=1S/C19H22N4O/c1-11-16-17(12-7-9-13(10-8-12)23(2)3)18-14(5-4-6-15(18)24)20-19(16)22-21-11/h7-10,17H,4-6H2,1-3H3,(H2,20,21,22). The van der Waals surface area contributed by atoms with E-state index in [-0.39, 0.29) is 11.7 Å². The van der Waals surface area contributed by atoms with Crippen LogP contribution in [0.15, 0.2) is 35.5 Å². The molecule has 1 aromatic carbocycles. The predicted octanol–water partition coefficient (Wildman–Crippen LogP) is 3.35. The minimum Gasteiger partial charge on any atom is -0.378 e. The molecule has 2 heterocycles. The minimum absolute atomic E-state index is 0.0287. The number of ketones is 1. The Morgan fingerprint density at radius 2 is 1.92 bits per heavy atom. The molecule has 2 aromatic rings. The molecule has 1 unspecified atom stereocenters. The van der Waals surface area contributed by atoms with Crippen LogP contribution in [0.3, 0.4) is 0 Å². The highest BCUT2D eigenvalue weighted by Crippen LogP contribution is 2.45. The van der Waals surface area contributed by atoms with Crippen molar-refractivity contribution in [3.63, 3.8) is 0 Å². The molecule has 1 aromatic heterocycles. The normalized spacial score (nSPS) is 19.6. The van der Waals surface area contributed by atoms with Crippen LogP contribution in [0.25, 0.3) is 0 Å². The summed E-state index contributed by atoms with van der Waals surface area (Å²) in [4.78, 5) is 14.8. The molecule has 0 spiro atoms. The number of rotatable bonds is 2. The lowest BCUT2D eigenvalue weighted by atomic mass is 9.76. The van der Waals surface area contributed by atoms with E-state index in [1.807, 2.05) is 21.0 Å². The van der Waals surface area contributed by atoms with Crippen LogP contribution in [0.1, 0.15) is 42.0 Å². The lowest BCUT2D eigenvalue weighted by Gasteiger charge is -2.32. The molecule has 5 nitrogen and oxygen atoms in total. The maximum absolute atomic E-state index is 12.7. The van der Waals surface area contributed by atoms with E-state index >= 15 is 0 Å². The average molecular weight is 322 g/mol. The highest BCUT2D eigenvalue weighted by atomic mass is 16.1. The first-order chi connectivity index (χ1) is 11.6. The smallest absolute Gasteiger partial charge is 0.161 e. The summed E-state index contributed by atoms with van der Waals surface area (Å²) >= 11 is 0. The number of aromatic nitrogens is 2. The van der Waals surface area contributed by atoms with Gasteiger partial charge in [0.1, 0.15) is 0 Å². The second-order valence-corrected chi connectivity index (χ2v) is 6.82. The van der Waals surface area contributed by atoms with Gasteiger partial charge in [0.25, 0.3) is 0 Å². The molecule has 2 N–H and O–H groups in total. The monoisotopic (exact) mass is 322 g/mol. The molecule has 2 aliphatic rings. The Morgan fingerprint density at radius 1 is 1.17 bits per heavy atom. The van der Waals surface area contributed by atoms with E-state index < -0.39 is 0 Å². The fourth-order valence-electron chi connectivity index (χ4n) is 3.80. The number of aryl methyl sites for hydroxylation is 1. The number of H-pyrrole nitrogens is 1. The molecule has 4 rings (SSSR count). The zero-order chi connectivity index (χ0) is 16.8. The summed E-state index contributed by atoms with van der Waals surface area (Å²) in [6.45, 7) is 2.02. The van der Waals surface area contributed by atoms with Crippen molar-refractivity contribution in [3.05, 3.63) is 52.4 Å². The highest BCUT2D eigenvalue weighted by molar-refractivity contribution is 6.01. The number of allylic oxidation sites excluding steroid dienone is 2. The molecule has 1 aliphatic heterocycles. The third-order valence-corrected chi connectivity index (χ3v) is 5.04. The van der Waals surface area contributed by atoms with Crippen LogP contribution >= 0.6 is 0 Å². The lowest BCUT2D eigenvalue weighted by Crippen LogP contribution is -2.26. The fraction of sp³-hybridized carbons (Fsp3) is 0.368. The van der Waals surface area contributed by atoms with Crippen LogP contribution in [0, 0.1) is 6.92 Å². The Balaban J connectivity index is 1.87. The van der Waals surface area contributed by atoms with Crippen molar-refractivity contribution < 1.29 is 4.79 Å². The summed E-state index contributed by atoms with van der Waals surface area (Å²) in [7, 11) is 4.06. The Hall–Kier alpha value is -2.56. The Labute approximate surface area is 141 Å². The van der Waals surface area contributed by atoms with Crippen LogP contribution in [-0.2, 0) is 4.79 Å². The quantitative estimate of drug-likeness (QED) is 0.890. The van der Waals surface area contributed by atoms with Gasteiger partial charge in [0.15, 0.2) is 11.6 Å². The van der Waals surface area contributed by atoms with Gasteiger partial charge in [0.2, 0.25) is 0 Å². The van der Waals surface area contributed by atoms with Crippen LogP contribution in [-0.4, -0.2) is 30.1 Å². The summed E-state index contributed by atoms with van der Waals surface area (Å²) in [5, 5.41) is 10.9. The first-order valence-corrected chi connectivity index (χ1v) is 8.41. The number of nitrogens with one attached hydrogen (secondary N) is 2. The van der Waals surface area contributed by atoms with Gasteiger partial charge >= 0.3 is 0 Å². The number of hydrogen-bond donors (Lipinski definition) is 2. The van der Waals surface area contributed by atoms with Gasteiger partial charge in [0.05, 0.1) is 0 Å². The van der Waals surface area contributed by atoms with Crippen LogP contribution < -0.4 is 10.2 Å². The van der Waals surface area contributed by atoms with Crippen molar-refractivity contribution in [1.29, 1.82) is 0 Å². The van der Waals surface area contributed by atoms with E-state index in [0.717, 1.165) is 52.4 Å². The first-order valence-electron chi connectivity index (χ1n) is 8.41. The van der Waals surface area contributed by atoms with E-state index in [4.69, 9.17) is 0 Å². The SMILES string of the molecule is Cc1[nH]nc2c1C(c1ccc(N(C)C)cc1)C1=C(CCCC1=O)N2. The van der Waals surface area contributed by atoms with Gasteiger partial charge in [-0.2, -0.15) is 5.10 Å². The minimum atomic E-state index is -0.0287. The van der Waals surface area contributed by atoms with Gasteiger partial charge in [-0.25, -0.2) is 0 Å². The molecule has 0 radical (unpaired) electrons. The highest BCUT2D eigenvalue weighted by Gasteiger charge is 2.37. The van der Waals surface area contributed by atoms with Crippen LogP contribution in [0.2, 0.25) is 0 Å². The summed E-state index contributed by atoms with van der Waals surface area (Å²) in [6.07, 6.45) is 2.47. The number of carbonyl (C=O) groups excluding carboxylic acids is 1. The van der Waals surface area contributed by atoms with Crippen molar-refractivity contribution in [1.82, 2.24) is 10.2 Å². The second-order valence-electron chi connectivity index (χ2n) is 6.82. The number of fused-ring (bicyclic) bond motifs is 1. The van der Waals surface area contributed by atoms with E-state index in [0.29, 0.717) is 6.42 Å². The Kier molecular flexibility index (Phi) is 3.44. The maximum atomic E-state index is 12.7. The van der Waals surface area contributed by atoms with Crippen molar-refractivity contribution in [3.8, 4) is 0 Å². The molecule has 5 heteroatoms. The molecule has 0 bridgehead atoms. The van der Waals surface area contributed by atoms with Gasteiger partial charge in [-0.3, -0.25) is 9.89 Å². The fourth-order valence-corrected chi connectivity index (χ4v) is 3.80. The van der Waals surface area contributed by atoms with Crippen LogP contribution in [0.4, 0.5) is 11.5 Å². The second kappa shape index (κ2) is 5.51. The van der Waals surface area contributed by atoms with Gasteiger partial charge in [-0.1, -0.05) is 12.1 Å². The zero-order valence-electron chi connectivity index (χ0n) is 14.3. The number of Topliss-reactive ketones (excluding diaryl/α,β-unsaturated/α-hetero) is 1. The number of benzene rings is 1. The van der Waals surface area contributed by atoms with E-state index in [2.05, 4.69) is 44.7 Å². The summed E-state index contributed by atoms with van der Waals surface area (Å²) in [6, 6.07) is 8.49. The lowest BCUT2D eigenvalue weighted by molar-refractivity contribution is -0.116. The van der Waals surface area contributed by atoms with Crippen molar-refractivity contribution in [2.45, 2.75) is 32.1 Å². The summed E-state index contributed by atoms with van der Waals surface area (Å²) in [5.74, 6) is 1.10. The number of carbonyl (C=O) groups is 1. The number of anilines is 2. The summed E-state index contributed by atoms with van der Waals surface area (Å²) < 4.78 is 0.